The zero-order valence-corrected chi connectivity index (χ0v) is 25.3. The summed E-state index contributed by atoms with van der Waals surface area (Å²) >= 11 is 0. The molecule has 0 bridgehead atoms. The second-order valence-electron chi connectivity index (χ2n) is 11.8. The molecule has 2 aromatic carbocycles. The number of carbonyl (C=O) groups excluding carboxylic acids is 2. The van der Waals surface area contributed by atoms with Gasteiger partial charge in [-0.1, -0.05) is 20.8 Å². The van der Waals surface area contributed by atoms with E-state index in [9.17, 15) is 14.4 Å². The third-order valence-electron chi connectivity index (χ3n) is 7.67. The van der Waals surface area contributed by atoms with Gasteiger partial charge in [0.2, 0.25) is 0 Å². The van der Waals surface area contributed by atoms with Gasteiger partial charge in [-0.2, -0.15) is 0 Å². The van der Waals surface area contributed by atoms with Gasteiger partial charge in [0.25, 0.3) is 5.91 Å². The number of carboxylic acids is 1. The van der Waals surface area contributed by atoms with Gasteiger partial charge in [-0.05, 0) is 61.4 Å². The van der Waals surface area contributed by atoms with E-state index in [4.69, 9.17) is 20.0 Å². The third kappa shape index (κ3) is 6.69. The molecule has 0 radical (unpaired) electrons. The Morgan fingerprint density at radius 1 is 1.07 bits per heavy atom. The highest BCUT2D eigenvalue weighted by Crippen LogP contribution is 2.42. The monoisotopic (exact) mass is 578 g/mol. The minimum atomic E-state index is -0.857. The van der Waals surface area contributed by atoms with Crippen LogP contribution in [0.2, 0.25) is 0 Å². The molecule has 2 aliphatic rings. The first-order valence-electron chi connectivity index (χ1n) is 14.6. The van der Waals surface area contributed by atoms with E-state index in [0.29, 0.717) is 47.8 Å². The molecular weight excluding hydrogens is 536 g/mol. The number of aliphatic carboxylic acids is 1. The van der Waals surface area contributed by atoms with Crippen LogP contribution in [-0.4, -0.2) is 73.4 Å². The van der Waals surface area contributed by atoms with Crippen molar-refractivity contribution in [1.82, 2.24) is 10.2 Å². The molecule has 2 aliphatic heterocycles. The molecule has 0 aliphatic carbocycles. The lowest BCUT2D eigenvalue weighted by atomic mass is 9.84. The van der Waals surface area contributed by atoms with Crippen molar-refractivity contribution in [2.75, 3.05) is 44.8 Å². The molecular formula is C32H42N4O6. The maximum absolute atomic E-state index is 13.8. The van der Waals surface area contributed by atoms with E-state index in [2.05, 4.69) is 31.0 Å². The van der Waals surface area contributed by atoms with E-state index >= 15 is 0 Å². The maximum atomic E-state index is 13.8. The van der Waals surface area contributed by atoms with Crippen LogP contribution in [0.15, 0.2) is 24.3 Å². The number of ketones is 1. The zero-order chi connectivity index (χ0) is 30.6. The standard InChI is InChI=1S/C32H42N4O6/c1-6-41-27-16-21-18-36(30(33)22(21)17-23(27)31(40)34-5)19-26(37)20-14-24(32(2,3)4)29(42-13-9-10-28(38)39)25(15-20)35-11-7-8-12-35/h14-17,33H,6-13,18-19H2,1-5H3,(H,34,40)(H,38,39). The summed E-state index contributed by atoms with van der Waals surface area (Å²) < 4.78 is 12.0. The highest BCUT2D eigenvalue weighted by Gasteiger charge is 2.31. The van der Waals surface area contributed by atoms with Gasteiger partial charge in [0.05, 0.1) is 31.0 Å². The number of Topliss-reactive ketones (excluding diaryl/α,β-unsaturated/α-hetero) is 1. The van der Waals surface area contributed by atoms with Gasteiger partial charge in [-0.15, -0.1) is 0 Å². The summed E-state index contributed by atoms with van der Waals surface area (Å²) in [6, 6.07) is 7.24. The summed E-state index contributed by atoms with van der Waals surface area (Å²) in [6.45, 7) is 10.8. The maximum Gasteiger partial charge on any atom is 0.303 e. The molecule has 0 spiro atoms. The Bertz CT molecular complexity index is 1370. The molecule has 2 aromatic rings. The summed E-state index contributed by atoms with van der Waals surface area (Å²) in [5.41, 5.74) is 3.77. The Hall–Kier alpha value is -4.08. The molecule has 0 unspecified atom stereocenters. The average Bonchev–Trinajstić information content (AvgIpc) is 3.58. The lowest BCUT2D eigenvalue weighted by Gasteiger charge is -2.30. The predicted molar refractivity (Wildman–Crippen MR) is 162 cm³/mol. The largest absolute Gasteiger partial charge is 0.493 e. The number of carboxylic acid groups (broad SMARTS) is 1. The molecule has 1 amide bonds. The van der Waals surface area contributed by atoms with Crippen LogP contribution in [0.1, 0.15) is 90.8 Å². The average molecular weight is 579 g/mol. The lowest BCUT2D eigenvalue weighted by molar-refractivity contribution is -0.137. The van der Waals surface area contributed by atoms with Crippen molar-refractivity contribution in [3.05, 3.63) is 52.1 Å². The number of amides is 1. The summed E-state index contributed by atoms with van der Waals surface area (Å²) in [7, 11) is 1.55. The fourth-order valence-corrected chi connectivity index (χ4v) is 5.49. The van der Waals surface area contributed by atoms with Crippen LogP contribution in [0, 0.1) is 5.41 Å². The number of fused-ring (bicyclic) bond motifs is 1. The minimum Gasteiger partial charge on any atom is -0.493 e. The van der Waals surface area contributed by atoms with Gasteiger partial charge in [0.1, 0.15) is 17.3 Å². The van der Waals surface area contributed by atoms with Gasteiger partial charge >= 0.3 is 5.97 Å². The highest BCUT2D eigenvalue weighted by atomic mass is 16.5. The van der Waals surface area contributed by atoms with Crippen LogP contribution in [0.4, 0.5) is 5.69 Å². The first kappa shape index (κ1) is 30.9. The molecule has 10 nitrogen and oxygen atoms in total. The topological polar surface area (TPSA) is 132 Å². The van der Waals surface area contributed by atoms with Gasteiger partial charge in [-0.3, -0.25) is 19.8 Å². The molecule has 2 heterocycles. The number of nitrogens with one attached hydrogen (secondary N) is 2. The van der Waals surface area contributed by atoms with Gasteiger partial charge in [0, 0.05) is 49.8 Å². The van der Waals surface area contributed by atoms with Gasteiger partial charge in [0.15, 0.2) is 5.78 Å². The fourth-order valence-electron chi connectivity index (χ4n) is 5.49. The van der Waals surface area contributed by atoms with Crippen molar-refractivity contribution in [3.8, 4) is 11.5 Å². The Morgan fingerprint density at radius 2 is 1.79 bits per heavy atom. The van der Waals surface area contributed by atoms with E-state index in [-0.39, 0.29) is 42.5 Å². The number of carbonyl (C=O) groups is 3. The molecule has 4 rings (SSSR count). The summed E-state index contributed by atoms with van der Waals surface area (Å²) in [5, 5.41) is 20.5. The van der Waals surface area contributed by atoms with Gasteiger partial charge in [-0.25, -0.2) is 0 Å². The summed E-state index contributed by atoms with van der Waals surface area (Å²) in [6.07, 6.45) is 2.52. The number of hydrogen-bond acceptors (Lipinski definition) is 7. The molecule has 0 atom stereocenters. The van der Waals surface area contributed by atoms with Gasteiger partial charge < -0.3 is 29.7 Å². The number of rotatable bonds is 12. The number of benzene rings is 2. The van der Waals surface area contributed by atoms with Crippen LogP contribution >= 0.6 is 0 Å². The van der Waals surface area contributed by atoms with E-state index in [0.717, 1.165) is 42.7 Å². The number of hydrogen-bond donors (Lipinski definition) is 3. The molecule has 0 saturated carbocycles. The summed E-state index contributed by atoms with van der Waals surface area (Å²) in [4.78, 5) is 41.3. The molecule has 3 N–H and O–H groups in total. The van der Waals surface area contributed by atoms with Crippen LogP contribution in [-0.2, 0) is 16.8 Å². The molecule has 1 saturated heterocycles. The van der Waals surface area contributed by atoms with Crippen LogP contribution in [0.3, 0.4) is 0 Å². The number of ether oxygens (including phenoxy) is 2. The highest BCUT2D eigenvalue weighted by molar-refractivity contribution is 6.08. The first-order valence-corrected chi connectivity index (χ1v) is 14.6. The number of nitrogens with zero attached hydrogens (tertiary/aromatic N) is 2. The quantitative estimate of drug-likeness (QED) is 0.246. The smallest absolute Gasteiger partial charge is 0.303 e. The van der Waals surface area contributed by atoms with Crippen LogP contribution < -0.4 is 19.7 Å². The van der Waals surface area contributed by atoms with Crippen molar-refractivity contribution in [2.24, 2.45) is 0 Å². The number of anilines is 1. The van der Waals surface area contributed by atoms with Crippen LogP contribution in [0.5, 0.6) is 11.5 Å². The minimum absolute atomic E-state index is 0.00856. The second kappa shape index (κ2) is 12.8. The van der Waals surface area contributed by atoms with Crippen molar-refractivity contribution in [2.45, 2.75) is 65.3 Å². The van der Waals surface area contributed by atoms with E-state index in [1.807, 2.05) is 19.1 Å². The Kier molecular flexibility index (Phi) is 9.43. The Balaban J connectivity index is 1.64. The van der Waals surface area contributed by atoms with Crippen molar-refractivity contribution < 1.29 is 29.0 Å². The molecule has 0 aromatic heterocycles. The Morgan fingerprint density at radius 3 is 2.40 bits per heavy atom. The zero-order valence-electron chi connectivity index (χ0n) is 25.3. The van der Waals surface area contributed by atoms with Crippen molar-refractivity contribution >= 4 is 29.2 Å². The molecule has 1 fully saturated rings. The SMILES string of the molecule is CCOc1cc2c(cc1C(=O)NC)C(=N)N(CC(=O)c1cc(N3CCCC3)c(OCCCC(=O)O)c(C(C)(C)C)c1)C2. The van der Waals surface area contributed by atoms with E-state index in [1.165, 1.54) is 0 Å². The predicted octanol–water partition coefficient (Wildman–Crippen LogP) is 4.61. The summed E-state index contributed by atoms with van der Waals surface area (Å²) in [5.74, 6) is 0.0913. The first-order chi connectivity index (χ1) is 19.9. The van der Waals surface area contributed by atoms with E-state index < -0.39 is 5.97 Å². The van der Waals surface area contributed by atoms with Crippen LogP contribution in [0.25, 0.3) is 0 Å². The Labute approximate surface area is 247 Å². The number of amidine groups is 1. The van der Waals surface area contributed by atoms with Crippen molar-refractivity contribution in [1.29, 1.82) is 5.41 Å². The van der Waals surface area contributed by atoms with E-state index in [1.54, 1.807) is 24.1 Å². The molecule has 226 valence electrons. The van der Waals surface area contributed by atoms with Crippen molar-refractivity contribution in [3.63, 3.8) is 0 Å². The lowest BCUT2D eigenvalue weighted by Crippen LogP contribution is -2.31. The molecule has 42 heavy (non-hydrogen) atoms. The third-order valence-corrected chi connectivity index (χ3v) is 7.67. The fraction of sp³-hybridized carbons (Fsp3) is 0.500. The second-order valence-corrected chi connectivity index (χ2v) is 11.8. The molecule has 10 heteroatoms. The normalized spacial score (nSPS) is 14.6.